The molecular weight excluding hydrogens is 386 g/mol. The number of carbonyl (C=O) groups excluding carboxylic acids is 2. The number of aromatic amines is 1. The summed E-state index contributed by atoms with van der Waals surface area (Å²) in [5.41, 5.74) is 1.60. The van der Waals surface area contributed by atoms with E-state index in [2.05, 4.69) is 50.0 Å². The van der Waals surface area contributed by atoms with Crippen LogP contribution in [0.5, 0.6) is 0 Å². The van der Waals surface area contributed by atoms with Gasteiger partial charge in [-0.2, -0.15) is 0 Å². The number of H-pyrrole nitrogens is 1. The van der Waals surface area contributed by atoms with Crippen LogP contribution in [-0.2, 0) is 28.1 Å². The van der Waals surface area contributed by atoms with Crippen LogP contribution < -0.4 is 10.6 Å². The van der Waals surface area contributed by atoms with E-state index < -0.39 is 0 Å². The van der Waals surface area contributed by atoms with Crippen molar-refractivity contribution in [3.05, 3.63) is 24.0 Å². The third-order valence-electron chi connectivity index (χ3n) is 5.95. The van der Waals surface area contributed by atoms with Crippen LogP contribution in [0.25, 0.3) is 0 Å². The van der Waals surface area contributed by atoms with Crippen LogP contribution >= 0.6 is 0 Å². The fourth-order valence-corrected chi connectivity index (χ4v) is 4.30. The second-order valence-corrected chi connectivity index (χ2v) is 8.56. The molecule has 0 aromatic carbocycles. The van der Waals surface area contributed by atoms with Gasteiger partial charge in [0.1, 0.15) is 6.33 Å². The second kappa shape index (κ2) is 8.50. The lowest BCUT2D eigenvalue weighted by Gasteiger charge is -2.46. The number of aryl methyl sites for hydroxylation is 1. The van der Waals surface area contributed by atoms with Crippen molar-refractivity contribution in [2.75, 3.05) is 19.6 Å². The standard InChI is InChI=1S/C19H29N9O2/c1-13(2)10-20-18(30)15-9-14-17(22-11-21-14)19(24-15)4-7-27(8-5-19)16(29)3-6-28-12-23-25-26-28/h11-13,15,24H,3-10H2,1-2H3,(H,20,30)(H,21,22)/t15-/m0/s1. The Labute approximate surface area is 175 Å². The number of piperidine rings is 1. The minimum Gasteiger partial charge on any atom is -0.354 e. The Morgan fingerprint density at radius 1 is 1.33 bits per heavy atom. The summed E-state index contributed by atoms with van der Waals surface area (Å²) in [4.78, 5) is 35.0. The number of likely N-dealkylation sites (tertiary alicyclic amines) is 1. The molecule has 2 aliphatic rings. The van der Waals surface area contributed by atoms with Crippen molar-refractivity contribution in [2.24, 2.45) is 5.92 Å². The number of nitrogens with zero attached hydrogens (tertiary/aromatic N) is 6. The first kappa shape index (κ1) is 20.5. The molecule has 11 heteroatoms. The first-order valence-corrected chi connectivity index (χ1v) is 10.5. The zero-order chi connectivity index (χ0) is 21.1. The maximum atomic E-state index is 12.7. The van der Waals surface area contributed by atoms with Gasteiger partial charge in [-0.3, -0.25) is 14.9 Å². The van der Waals surface area contributed by atoms with Crippen LogP contribution in [0.3, 0.4) is 0 Å². The predicted octanol–water partition coefficient (Wildman–Crippen LogP) is -0.409. The highest BCUT2D eigenvalue weighted by Gasteiger charge is 2.46. The van der Waals surface area contributed by atoms with E-state index in [4.69, 9.17) is 0 Å². The van der Waals surface area contributed by atoms with Crippen molar-refractivity contribution in [3.63, 3.8) is 0 Å². The van der Waals surface area contributed by atoms with Crippen molar-refractivity contribution in [3.8, 4) is 0 Å². The molecule has 1 spiro atoms. The molecule has 0 aliphatic carbocycles. The van der Waals surface area contributed by atoms with Gasteiger partial charge in [0.2, 0.25) is 11.8 Å². The summed E-state index contributed by atoms with van der Waals surface area (Å²) >= 11 is 0. The van der Waals surface area contributed by atoms with E-state index in [1.165, 1.54) is 6.33 Å². The predicted molar refractivity (Wildman–Crippen MR) is 107 cm³/mol. The minimum absolute atomic E-state index is 0.0169. The van der Waals surface area contributed by atoms with Gasteiger partial charge in [0.05, 0.1) is 30.1 Å². The molecule has 1 atom stereocenters. The van der Waals surface area contributed by atoms with Crippen LogP contribution in [0.15, 0.2) is 12.7 Å². The van der Waals surface area contributed by atoms with Gasteiger partial charge in [-0.25, -0.2) is 9.67 Å². The summed E-state index contributed by atoms with van der Waals surface area (Å²) in [5, 5.41) is 17.6. The molecule has 2 aromatic rings. The average Bonchev–Trinajstić information content (AvgIpc) is 3.43. The molecule has 0 unspecified atom stereocenters. The number of amides is 2. The van der Waals surface area contributed by atoms with Gasteiger partial charge in [0.25, 0.3) is 0 Å². The number of tetrazole rings is 1. The Balaban J connectivity index is 1.40. The lowest BCUT2D eigenvalue weighted by atomic mass is 9.78. The van der Waals surface area contributed by atoms with Gasteiger partial charge >= 0.3 is 0 Å². The summed E-state index contributed by atoms with van der Waals surface area (Å²) < 4.78 is 1.56. The molecule has 2 amide bonds. The van der Waals surface area contributed by atoms with Gasteiger partial charge < -0.3 is 15.2 Å². The van der Waals surface area contributed by atoms with Crippen LogP contribution in [-0.4, -0.2) is 72.6 Å². The molecule has 0 saturated carbocycles. The molecule has 11 nitrogen and oxygen atoms in total. The minimum atomic E-state index is -0.389. The van der Waals surface area contributed by atoms with E-state index in [9.17, 15) is 9.59 Å². The first-order chi connectivity index (χ1) is 14.5. The van der Waals surface area contributed by atoms with E-state index >= 15 is 0 Å². The Kier molecular flexibility index (Phi) is 5.80. The molecule has 30 heavy (non-hydrogen) atoms. The molecule has 3 N–H and O–H groups in total. The largest absolute Gasteiger partial charge is 0.354 e. The van der Waals surface area contributed by atoms with E-state index in [0.29, 0.717) is 44.9 Å². The highest BCUT2D eigenvalue weighted by molar-refractivity contribution is 5.82. The van der Waals surface area contributed by atoms with Gasteiger partial charge in [0.15, 0.2) is 0 Å². The monoisotopic (exact) mass is 415 g/mol. The zero-order valence-corrected chi connectivity index (χ0v) is 17.5. The SMILES string of the molecule is CC(C)CNC(=O)[C@@H]1Cc2[nH]cnc2C2(CCN(C(=O)CCn3cnnn3)CC2)N1. The molecule has 162 valence electrons. The van der Waals surface area contributed by atoms with Crippen molar-refractivity contribution in [2.45, 2.75) is 57.7 Å². The molecule has 0 bridgehead atoms. The summed E-state index contributed by atoms with van der Waals surface area (Å²) in [6.45, 7) is 6.52. The summed E-state index contributed by atoms with van der Waals surface area (Å²) in [6.07, 6.45) is 5.60. The number of nitrogens with one attached hydrogen (secondary N) is 3. The molecular formula is C19H29N9O2. The number of fused-ring (bicyclic) bond motifs is 2. The molecule has 2 aromatic heterocycles. The quantitative estimate of drug-likeness (QED) is 0.584. The number of hydrogen-bond acceptors (Lipinski definition) is 7. The van der Waals surface area contributed by atoms with E-state index in [0.717, 1.165) is 24.2 Å². The van der Waals surface area contributed by atoms with E-state index in [1.54, 1.807) is 11.0 Å². The van der Waals surface area contributed by atoms with Gasteiger partial charge in [0, 0.05) is 38.2 Å². The number of imidazole rings is 1. The van der Waals surface area contributed by atoms with Crippen LogP contribution in [0.2, 0.25) is 0 Å². The maximum Gasteiger partial charge on any atom is 0.237 e. The number of hydrogen-bond donors (Lipinski definition) is 3. The lowest BCUT2D eigenvalue weighted by Crippen LogP contribution is -2.62. The van der Waals surface area contributed by atoms with Crippen LogP contribution in [0.1, 0.15) is 44.5 Å². The van der Waals surface area contributed by atoms with Crippen LogP contribution in [0.4, 0.5) is 0 Å². The van der Waals surface area contributed by atoms with Crippen molar-refractivity contribution in [1.82, 2.24) is 45.7 Å². The topological polar surface area (TPSA) is 134 Å². The highest BCUT2D eigenvalue weighted by atomic mass is 16.2. The summed E-state index contributed by atoms with van der Waals surface area (Å²) in [7, 11) is 0. The van der Waals surface area contributed by atoms with Gasteiger partial charge in [-0.15, -0.1) is 5.10 Å². The zero-order valence-electron chi connectivity index (χ0n) is 17.5. The normalized spacial score (nSPS) is 20.4. The third-order valence-corrected chi connectivity index (χ3v) is 5.95. The Hall–Kier alpha value is -2.82. The van der Waals surface area contributed by atoms with E-state index in [1.807, 2.05) is 4.90 Å². The van der Waals surface area contributed by atoms with Crippen molar-refractivity contribution < 1.29 is 9.59 Å². The first-order valence-electron chi connectivity index (χ1n) is 10.5. The molecule has 2 aliphatic heterocycles. The fraction of sp³-hybridized carbons (Fsp3) is 0.684. The molecule has 1 saturated heterocycles. The number of carbonyl (C=O) groups is 2. The second-order valence-electron chi connectivity index (χ2n) is 8.56. The van der Waals surface area contributed by atoms with Crippen molar-refractivity contribution in [1.29, 1.82) is 0 Å². The Morgan fingerprint density at radius 2 is 2.13 bits per heavy atom. The maximum absolute atomic E-state index is 12.7. The van der Waals surface area contributed by atoms with Crippen LogP contribution in [0, 0.1) is 5.92 Å². The van der Waals surface area contributed by atoms with Crippen molar-refractivity contribution >= 4 is 11.8 Å². The lowest BCUT2D eigenvalue weighted by molar-refractivity contribution is -0.134. The average molecular weight is 416 g/mol. The molecule has 1 fully saturated rings. The summed E-state index contributed by atoms with van der Waals surface area (Å²) in [5.74, 6) is 0.504. The Morgan fingerprint density at radius 3 is 2.83 bits per heavy atom. The highest BCUT2D eigenvalue weighted by Crippen LogP contribution is 2.37. The number of aromatic nitrogens is 6. The molecule has 4 heterocycles. The van der Waals surface area contributed by atoms with E-state index in [-0.39, 0.29) is 23.4 Å². The molecule has 4 rings (SSSR count). The smallest absolute Gasteiger partial charge is 0.237 e. The van der Waals surface area contributed by atoms with Gasteiger partial charge in [-0.05, 0) is 29.2 Å². The fourth-order valence-electron chi connectivity index (χ4n) is 4.30. The number of rotatable bonds is 6. The van der Waals surface area contributed by atoms with Gasteiger partial charge in [-0.1, -0.05) is 13.8 Å². The Bertz CT molecular complexity index is 868. The third kappa shape index (κ3) is 4.20. The molecule has 0 radical (unpaired) electrons. The summed E-state index contributed by atoms with van der Waals surface area (Å²) in [6, 6.07) is -0.307.